The maximum Gasteiger partial charge on any atom is 0.329 e. The second-order valence-corrected chi connectivity index (χ2v) is 5.00. The first kappa shape index (κ1) is 15.8. The zero-order valence-electron chi connectivity index (χ0n) is 12.7. The van der Waals surface area contributed by atoms with Crippen LogP contribution in [0.2, 0.25) is 0 Å². The maximum atomic E-state index is 12.2. The van der Waals surface area contributed by atoms with Crippen molar-refractivity contribution in [3.05, 3.63) is 71.8 Å². The number of benzene rings is 2. The third kappa shape index (κ3) is 3.73. The average molecular weight is 297 g/mol. The van der Waals surface area contributed by atoms with E-state index in [0.717, 1.165) is 11.1 Å². The zero-order chi connectivity index (χ0) is 15.9. The van der Waals surface area contributed by atoms with Gasteiger partial charge in [-0.3, -0.25) is 4.79 Å². The predicted octanol–water partition coefficient (Wildman–Crippen LogP) is 2.50. The van der Waals surface area contributed by atoms with Crippen LogP contribution in [0.25, 0.3) is 0 Å². The van der Waals surface area contributed by atoms with Gasteiger partial charge in [-0.2, -0.15) is 0 Å². The highest BCUT2D eigenvalue weighted by Gasteiger charge is 2.32. The number of ether oxygens (including phenoxy) is 1. The third-order valence-corrected chi connectivity index (χ3v) is 3.46. The van der Waals surface area contributed by atoms with Gasteiger partial charge >= 0.3 is 5.97 Å². The van der Waals surface area contributed by atoms with Gasteiger partial charge in [-0.15, -0.1) is 0 Å². The standard InChI is InChI=1S/C18H19NO3/c1-13(20)19-17(18(21)22-2)16(14-9-5-3-6-10-14)15-11-7-4-8-12-15/h3-12,16-17H,1-2H3,(H,19,20)/t17-/m0/s1. The molecule has 4 nitrogen and oxygen atoms in total. The van der Waals surface area contributed by atoms with Crippen molar-refractivity contribution in [1.29, 1.82) is 0 Å². The van der Waals surface area contributed by atoms with E-state index in [-0.39, 0.29) is 11.8 Å². The van der Waals surface area contributed by atoms with Crippen LogP contribution in [-0.4, -0.2) is 25.0 Å². The quantitative estimate of drug-likeness (QED) is 0.863. The number of hydrogen-bond donors (Lipinski definition) is 1. The van der Waals surface area contributed by atoms with Gasteiger partial charge in [0.2, 0.25) is 5.91 Å². The van der Waals surface area contributed by atoms with Crippen LogP contribution >= 0.6 is 0 Å². The van der Waals surface area contributed by atoms with Crippen LogP contribution in [-0.2, 0) is 14.3 Å². The summed E-state index contributed by atoms with van der Waals surface area (Å²) in [5.41, 5.74) is 1.88. The molecule has 0 aliphatic rings. The highest BCUT2D eigenvalue weighted by Crippen LogP contribution is 2.28. The number of esters is 1. The third-order valence-electron chi connectivity index (χ3n) is 3.46. The molecular weight excluding hydrogens is 278 g/mol. The van der Waals surface area contributed by atoms with Crippen molar-refractivity contribution in [3.8, 4) is 0 Å². The predicted molar refractivity (Wildman–Crippen MR) is 84.3 cm³/mol. The number of carbonyl (C=O) groups excluding carboxylic acids is 2. The van der Waals surface area contributed by atoms with E-state index in [9.17, 15) is 9.59 Å². The molecule has 0 saturated carbocycles. The fourth-order valence-corrected chi connectivity index (χ4v) is 2.52. The summed E-state index contributed by atoms with van der Waals surface area (Å²) in [6.45, 7) is 1.39. The number of rotatable bonds is 5. The lowest BCUT2D eigenvalue weighted by Crippen LogP contribution is -2.45. The first-order valence-electron chi connectivity index (χ1n) is 7.08. The van der Waals surface area contributed by atoms with Crippen LogP contribution in [0.15, 0.2) is 60.7 Å². The van der Waals surface area contributed by atoms with Gasteiger partial charge < -0.3 is 10.1 Å². The van der Waals surface area contributed by atoms with Crippen LogP contribution in [0.3, 0.4) is 0 Å². The molecule has 0 heterocycles. The SMILES string of the molecule is COC(=O)[C@@H](NC(C)=O)C(c1ccccc1)c1ccccc1. The Morgan fingerprint density at radius 2 is 1.36 bits per heavy atom. The van der Waals surface area contributed by atoms with Crippen LogP contribution in [0, 0.1) is 0 Å². The van der Waals surface area contributed by atoms with Crippen LogP contribution < -0.4 is 5.32 Å². The van der Waals surface area contributed by atoms with E-state index >= 15 is 0 Å². The van der Waals surface area contributed by atoms with Gasteiger partial charge in [-0.05, 0) is 11.1 Å². The maximum absolute atomic E-state index is 12.2. The minimum absolute atomic E-state index is 0.271. The normalized spacial score (nSPS) is 11.8. The molecule has 0 saturated heterocycles. The summed E-state index contributed by atoms with van der Waals surface area (Å²) in [5.74, 6) is -1.04. The molecule has 114 valence electrons. The molecular formula is C18H19NO3. The van der Waals surface area contributed by atoms with E-state index in [1.165, 1.54) is 14.0 Å². The lowest BCUT2D eigenvalue weighted by molar-refractivity contribution is -0.145. The lowest BCUT2D eigenvalue weighted by Gasteiger charge is -2.26. The first-order chi connectivity index (χ1) is 10.6. The van der Waals surface area contributed by atoms with Gasteiger partial charge in [0, 0.05) is 12.8 Å². The van der Waals surface area contributed by atoms with Gasteiger partial charge in [0.1, 0.15) is 6.04 Å². The molecule has 1 amide bonds. The summed E-state index contributed by atoms with van der Waals surface area (Å²) in [7, 11) is 1.32. The molecule has 2 rings (SSSR count). The smallest absolute Gasteiger partial charge is 0.329 e. The molecule has 4 heteroatoms. The summed E-state index contributed by atoms with van der Waals surface area (Å²) in [5, 5.41) is 2.71. The van der Waals surface area contributed by atoms with Crippen molar-refractivity contribution in [1.82, 2.24) is 5.32 Å². The fraction of sp³-hybridized carbons (Fsp3) is 0.222. The average Bonchev–Trinajstić information content (AvgIpc) is 2.55. The molecule has 0 aliphatic heterocycles. The van der Waals surface area contributed by atoms with Gasteiger partial charge in [0.25, 0.3) is 0 Å². The van der Waals surface area contributed by atoms with Crippen molar-refractivity contribution in [3.63, 3.8) is 0 Å². The molecule has 0 aromatic heterocycles. The summed E-state index contributed by atoms with van der Waals surface area (Å²) in [6, 6.07) is 18.5. The van der Waals surface area contributed by atoms with Crippen molar-refractivity contribution in [2.75, 3.05) is 7.11 Å². The molecule has 2 aromatic carbocycles. The second-order valence-electron chi connectivity index (χ2n) is 5.00. The van der Waals surface area contributed by atoms with E-state index in [1.807, 2.05) is 60.7 Å². The van der Waals surface area contributed by atoms with Crippen molar-refractivity contribution in [2.24, 2.45) is 0 Å². The molecule has 2 aromatic rings. The number of carbonyl (C=O) groups is 2. The molecule has 0 fully saturated rings. The van der Waals surface area contributed by atoms with E-state index in [2.05, 4.69) is 5.32 Å². The van der Waals surface area contributed by atoms with E-state index in [1.54, 1.807) is 0 Å². The molecule has 1 N–H and O–H groups in total. The van der Waals surface area contributed by atoms with Gasteiger partial charge in [-0.25, -0.2) is 4.79 Å². The Kier molecular flexibility index (Phi) is 5.31. The number of methoxy groups -OCH3 is 1. The highest BCUT2D eigenvalue weighted by atomic mass is 16.5. The monoisotopic (exact) mass is 297 g/mol. The second kappa shape index (κ2) is 7.41. The Labute approximate surface area is 130 Å². The van der Waals surface area contributed by atoms with E-state index in [4.69, 9.17) is 4.74 Å². The van der Waals surface area contributed by atoms with Gasteiger partial charge in [-0.1, -0.05) is 60.7 Å². The summed E-state index contributed by atoms with van der Waals surface area (Å²) in [6.07, 6.45) is 0. The molecule has 0 unspecified atom stereocenters. The van der Waals surface area contributed by atoms with Gasteiger partial charge in [0.05, 0.1) is 7.11 Å². The molecule has 0 spiro atoms. The molecule has 0 bridgehead atoms. The number of hydrogen-bond acceptors (Lipinski definition) is 3. The minimum atomic E-state index is -0.771. The largest absolute Gasteiger partial charge is 0.467 e. The number of nitrogens with one attached hydrogen (secondary N) is 1. The first-order valence-corrected chi connectivity index (χ1v) is 7.08. The summed E-state index contributed by atoms with van der Waals surface area (Å²) < 4.78 is 4.88. The fourth-order valence-electron chi connectivity index (χ4n) is 2.52. The molecule has 0 radical (unpaired) electrons. The lowest BCUT2D eigenvalue weighted by atomic mass is 9.85. The minimum Gasteiger partial charge on any atom is -0.467 e. The Balaban J connectivity index is 2.50. The van der Waals surface area contributed by atoms with Crippen LogP contribution in [0.1, 0.15) is 24.0 Å². The topological polar surface area (TPSA) is 55.4 Å². The Morgan fingerprint density at radius 3 is 1.73 bits per heavy atom. The molecule has 1 atom stereocenters. The Morgan fingerprint density at radius 1 is 0.909 bits per heavy atom. The van der Waals surface area contributed by atoms with Crippen molar-refractivity contribution in [2.45, 2.75) is 18.9 Å². The molecule has 22 heavy (non-hydrogen) atoms. The Bertz CT molecular complexity index is 586. The van der Waals surface area contributed by atoms with E-state index in [0.29, 0.717) is 0 Å². The van der Waals surface area contributed by atoms with E-state index < -0.39 is 12.0 Å². The Hall–Kier alpha value is -2.62. The highest BCUT2D eigenvalue weighted by molar-refractivity contribution is 5.84. The molecule has 0 aliphatic carbocycles. The van der Waals surface area contributed by atoms with Crippen LogP contribution in [0.4, 0.5) is 0 Å². The van der Waals surface area contributed by atoms with Crippen LogP contribution in [0.5, 0.6) is 0 Å². The summed E-state index contributed by atoms with van der Waals surface area (Å²) in [4.78, 5) is 23.7. The number of amides is 1. The van der Waals surface area contributed by atoms with Crippen molar-refractivity contribution >= 4 is 11.9 Å². The zero-order valence-corrected chi connectivity index (χ0v) is 12.7. The van der Waals surface area contributed by atoms with Gasteiger partial charge in [0.15, 0.2) is 0 Å². The van der Waals surface area contributed by atoms with Crippen molar-refractivity contribution < 1.29 is 14.3 Å². The summed E-state index contributed by atoms with van der Waals surface area (Å²) >= 11 is 0.